The summed E-state index contributed by atoms with van der Waals surface area (Å²) in [5.41, 5.74) is 12.4. The van der Waals surface area contributed by atoms with E-state index < -0.39 is 0 Å². The zero-order valence-electron chi connectivity index (χ0n) is 25.9. The first kappa shape index (κ1) is 29.1. The van der Waals surface area contributed by atoms with Crippen molar-refractivity contribution in [2.75, 3.05) is 18.8 Å². The minimum Gasteiger partial charge on any atom is -0.485 e. The number of nitrogen functional groups attached to an aromatic ring is 1. The number of likely N-dealkylation sites (tertiary alicyclic amines) is 1. The SMILES string of the molecule is Cn1c(-c2cnc(N)c(OCc3cccc(C(C)(C)C)c3C(C)(C)C)c2)cnc1C1CCN(C(C)(C)C)CC1. The number of pyridine rings is 1. The fourth-order valence-corrected chi connectivity index (χ4v) is 5.98. The molecular weight excluding hydrogens is 482 g/mol. The summed E-state index contributed by atoms with van der Waals surface area (Å²) in [6.07, 6.45) is 6.04. The molecule has 1 fully saturated rings. The van der Waals surface area contributed by atoms with Crippen LogP contribution in [-0.2, 0) is 24.5 Å². The Morgan fingerprint density at radius 1 is 0.923 bits per heavy atom. The normalized spacial score (nSPS) is 16.1. The molecule has 3 aromatic rings. The monoisotopic (exact) mass is 531 g/mol. The number of hydrogen-bond acceptors (Lipinski definition) is 5. The van der Waals surface area contributed by atoms with E-state index in [1.165, 1.54) is 16.7 Å². The second kappa shape index (κ2) is 10.6. The molecule has 0 amide bonds. The first-order chi connectivity index (χ1) is 18.1. The van der Waals surface area contributed by atoms with Crippen LogP contribution in [0.1, 0.15) is 104 Å². The van der Waals surface area contributed by atoms with Gasteiger partial charge in [-0.15, -0.1) is 0 Å². The molecular formula is C33H49N5O. The Morgan fingerprint density at radius 3 is 2.18 bits per heavy atom. The Labute approximate surface area is 236 Å². The van der Waals surface area contributed by atoms with Gasteiger partial charge in [0.05, 0.1) is 11.9 Å². The Hall–Kier alpha value is -2.86. The zero-order valence-corrected chi connectivity index (χ0v) is 25.9. The molecule has 4 rings (SSSR count). The third-order valence-corrected chi connectivity index (χ3v) is 8.10. The molecule has 1 aromatic carbocycles. The number of anilines is 1. The van der Waals surface area contributed by atoms with Crippen LogP contribution in [-0.4, -0.2) is 38.1 Å². The minimum atomic E-state index is -0.0116. The van der Waals surface area contributed by atoms with Gasteiger partial charge < -0.3 is 15.0 Å². The van der Waals surface area contributed by atoms with Crippen molar-refractivity contribution >= 4 is 5.82 Å². The zero-order chi connectivity index (χ0) is 28.8. The van der Waals surface area contributed by atoms with Gasteiger partial charge in [-0.2, -0.15) is 0 Å². The molecule has 2 N–H and O–H groups in total. The number of nitrogens with two attached hydrogens (primary N) is 1. The summed E-state index contributed by atoms with van der Waals surface area (Å²) in [5, 5.41) is 0. The van der Waals surface area contributed by atoms with E-state index in [2.05, 4.69) is 102 Å². The molecule has 0 spiro atoms. The summed E-state index contributed by atoms with van der Waals surface area (Å²) in [5.74, 6) is 2.62. The van der Waals surface area contributed by atoms with Gasteiger partial charge in [0.25, 0.3) is 0 Å². The summed E-state index contributed by atoms with van der Waals surface area (Å²) < 4.78 is 8.59. The number of hydrogen-bond donors (Lipinski definition) is 1. The highest BCUT2D eigenvalue weighted by Gasteiger charge is 2.30. The number of imidazole rings is 1. The van der Waals surface area contributed by atoms with E-state index in [0.717, 1.165) is 43.0 Å². The van der Waals surface area contributed by atoms with Crippen molar-refractivity contribution in [1.29, 1.82) is 0 Å². The fraction of sp³-hybridized carbons (Fsp3) is 0.576. The van der Waals surface area contributed by atoms with Crippen molar-refractivity contribution in [3.05, 3.63) is 59.2 Å². The lowest BCUT2D eigenvalue weighted by Gasteiger charge is -2.40. The Balaban J connectivity index is 1.57. The lowest BCUT2D eigenvalue weighted by Crippen LogP contribution is -2.45. The minimum absolute atomic E-state index is 0.0116. The Morgan fingerprint density at radius 2 is 1.59 bits per heavy atom. The number of benzene rings is 1. The van der Waals surface area contributed by atoms with Crippen molar-refractivity contribution in [2.45, 2.75) is 104 Å². The maximum Gasteiger partial charge on any atom is 0.166 e. The van der Waals surface area contributed by atoms with Crippen molar-refractivity contribution in [1.82, 2.24) is 19.4 Å². The molecule has 1 aliphatic rings. The molecule has 0 radical (unpaired) electrons. The maximum atomic E-state index is 6.37. The highest BCUT2D eigenvalue weighted by Crippen LogP contribution is 2.38. The molecule has 1 saturated heterocycles. The van der Waals surface area contributed by atoms with Crippen LogP contribution in [0.5, 0.6) is 5.75 Å². The molecule has 2 aromatic heterocycles. The number of nitrogens with zero attached hydrogens (tertiary/aromatic N) is 4. The Kier molecular flexibility index (Phi) is 7.92. The van der Waals surface area contributed by atoms with E-state index >= 15 is 0 Å². The van der Waals surface area contributed by atoms with Crippen LogP contribution in [0.3, 0.4) is 0 Å². The second-order valence-corrected chi connectivity index (χ2v) is 14.2. The van der Waals surface area contributed by atoms with E-state index in [1.807, 2.05) is 18.5 Å². The van der Waals surface area contributed by atoms with Crippen LogP contribution in [0.25, 0.3) is 11.3 Å². The van der Waals surface area contributed by atoms with Crippen LogP contribution in [0.4, 0.5) is 5.82 Å². The van der Waals surface area contributed by atoms with Gasteiger partial charge >= 0.3 is 0 Å². The largest absolute Gasteiger partial charge is 0.485 e. The first-order valence-corrected chi connectivity index (χ1v) is 14.4. The molecule has 6 heteroatoms. The van der Waals surface area contributed by atoms with E-state index in [1.54, 1.807) is 0 Å². The van der Waals surface area contributed by atoms with Crippen LogP contribution >= 0.6 is 0 Å². The van der Waals surface area contributed by atoms with Gasteiger partial charge in [-0.1, -0.05) is 59.7 Å². The molecule has 0 aliphatic carbocycles. The molecule has 212 valence electrons. The average Bonchev–Trinajstić information content (AvgIpc) is 3.23. The molecule has 0 atom stereocenters. The summed E-state index contributed by atoms with van der Waals surface area (Å²) in [4.78, 5) is 11.9. The molecule has 0 unspecified atom stereocenters. The quantitative estimate of drug-likeness (QED) is 0.376. The molecule has 0 bridgehead atoms. The lowest BCUT2D eigenvalue weighted by molar-refractivity contribution is 0.100. The van der Waals surface area contributed by atoms with E-state index in [-0.39, 0.29) is 16.4 Å². The predicted molar refractivity (Wildman–Crippen MR) is 162 cm³/mol. The third-order valence-electron chi connectivity index (χ3n) is 8.10. The Bertz CT molecular complexity index is 1300. The van der Waals surface area contributed by atoms with Gasteiger partial charge in [0.2, 0.25) is 0 Å². The maximum absolute atomic E-state index is 6.37. The van der Waals surface area contributed by atoms with E-state index in [4.69, 9.17) is 15.5 Å². The van der Waals surface area contributed by atoms with Gasteiger partial charge in [0.15, 0.2) is 11.6 Å². The van der Waals surface area contributed by atoms with E-state index in [9.17, 15) is 0 Å². The van der Waals surface area contributed by atoms with Crippen LogP contribution in [0, 0.1) is 0 Å². The second-order valence-electron chi connectivity index (χ2n) is 14.2. The fourth-order valence-electron chi connectivity index (χ4n) is 5.98. The molecule has 6 nitrogen and oxygen atoms in total. The highest BCUT2D eigenvalue weighted by atomic mass is 16.5. The van der Waals surface area contributed by atoms with Gasteiger partial charge in [0, 0.05) is 30.3 Å². The summed E-state index contributed by atoms with van der Waals surface area (Å²) >= 11 is 0. The molecule has 3 heterocycles. The van der Waals surface area contributed by atoms with E-state index in [0.29, 0.717) is 24.1 Å². The van der Waals surface area contributed by atoms with Gasteiger partial charge in [-0.25, -0.2) is 9.97 Å². The summed E-state index contributed by atoms with van der Waals surface area (Å²) in [7, 11) is 2.11. The van der Waals surface area contributed by atoms with Crippen molar-refractivity contribution in [2.24, 2.45) is 7.05 Å². The topological polar surface area (TPSA) is 69.2 Å². The first-order valence-electron chi connectivity index (χ1n) is 14.4. The lowest BCUT2D eigenvalue weighted by atomic mass is 9.73. The number of rotatable bonds is 5. The number of aromatic nitrogens is 3. The van der Waals surface area contributed by atoms with Crippen molar-refractivity contribution < 1.29 is 4.74 Å². The predicted octanol–water partition coefficient (Wildman–Crippen LogP) is 7.22. The highest BCUT2D eigenvalue weighted by molar-refractivity contribution is 5.64. The molecule has 0 saturated carbocycles. The standard InChI is InChI=1S/C33H49N5O/c1-31(2,3)25-13-11-12-23(28(25)32(4,5)6)21-39-27-18-24(19-35-29(27)34)26-20-36-30(37(26)10)22-14-16-38(17-15-22)33(7,8)9/h11-13,18-20,22H,14-17,21H2,1-10H3,(H2,34,35). The van der Waals surface area contributed by atoms with Crippen LogP contribution in [0.15, 0.2) is 36.7 Å². The summed E-state index contributed by atoms with van der Waals surface area (Å²) in [6.45, 7) is 23.1. The number of piperidine rings is 1. The smallest absolute Gasteiger partial charge is 0.166 e. The third kappa shape index (κ3) is 6.32. The van der Waals surface area contributed by atoms with Gasteiger partial charge in [-0.05, 0) is 80.3 Å². The van der Waals surface area contributed by atoms with Crippen LogP contribution in [0.2, 0.25) is 0 Å². The average molecular weight is 532 g/mol. The number of ether oxygens (including phenoxy) is 1. The van der Waals surface area contributed by atoms with Crippen molar-refractivity contribution in [3.63, 3.8) is 0 Å². The molecule has 39 heavy (non-hydrogen) atoms. The summed E-state index contributed by atoms with van der Waals surface area (Å²) in [6, 6.07) is 8.56. The molecule has 1 aliphatic heterocycles. The van der Waals surface area contributed by atoms with Crippen molar-refractivity contribution in [3.8, 4) is 17.0 Å². The van der Waals surface area contributed by atoms with Gasteiger partial charge in [0.1, 0.15) is 12.4 Å². The van der Waals surface area contributed by atoms with Gasteiger partial charge in [-0.3, -0.25) is 4.90 Å². The van der Waals surface area contributed by atoms with Crippen LogP contribution < -0.4 is 10.5 Å².